The van der Waals surface area contributed by atoms with Gasteiger partial charge in [0.1, 0.15) is 5.69 Å². The fourth-order valence-corrected chi connectivity index (χ4v) is 1.78. The number of carbonyl (C=O) groups is 1. The molecule has 0 unspecified atom stereocenters. The van der Waals surface area contributed by atoms with Crippen LogP contribution in [0.4, 0.5) is 0 Å². The van der Waals surface area contributed by atoms with Gasteiger partial charge in [-0.2, -0.15) is 5.10 Å². The van der Waals surface area contributed by atoms with E-state index >= 15 is 0 Å². The molecular weight excluding hydrogens is 305 g/mol. The summed E-state index contributed by atoms with van der Waals surface area (Å²) in [6.45, 7) is 2.92. The minimum atomic E-state index is -0.0617. The van der Waals surface area contributed by atoms with Crippen molar-refractivity contribution in [3.05, 3.63) is 15.5 Å². The van der Waals surface area contributed by atoms with E-state index in [1.165, 1.54) is 19.3 Å². The van der Waals surface area contributed by atoms with Gasteiger partial charge in [-0.25, -0.2) is 0 Å². The van der Waals surface area contributed by atoms with Crippen molar-refractivity contribution < 1.29 is 4.79 Å². The van der Waals surface area contributed by atoms with Crippen LogP contribution in [0.1, 0.15) is 43.1 Å². The summed E-state index contributed by atoms with van der Waals surface area (Å²) in [5, 5.41) is 9.36. The number of rotatable bonds is 6. The first-order valence-electron chi connectivity index (χ1n) is 5.22. The van der Waals surface area contributed by atoms with Crippen LogP contribution in [0, 0.1) is 3.57 Å². The highest BCUT2D eigenvalue weighted by molar-refractivity contribution is 14.1. The third-order valence-corrected chi connectivity index (χ3v) is 2.95. The first-order chi connectivity index (χ1) is 7.25. The lowest BCUT2D eigenvalue weighted by Crippen LogP contribution is -2.25. The first kappa shape index (κ1) is 12.5. The van der Waals surface area contributed by atoms with Crippen LogP contribution in [0.25, 0.3) is 0 Å². The van der Waals surface area contributed by atoms with E-state index in [0.717, 1.165) is 16.5 Å². The lowest BCUT2D eigenvalue weighted by atomic mass is 10.2. The fraction of sp³-hybridized carbons (Fsp3) is 0.600. The summed E-state index contributed by atoms with van der Waals surface area (Å²) >= 11 is 2.09. The summed E-state index contributed by atoms with van der Waals surface area (Å²) in [5.41, 5.74) is 0.561. The average Bonchev–Trinajstić information content (AvgIpc) is 2.64. The van der Waals surface area contributed by atoms with E-state index in [0.29, 0.717) is 5.69 Å². The van der Waals surface area contributed by atoms with Gasteiger partial charge < -0.3 is 5.32 Å². The van der Waals surface area contributed by atoms with Crippen LogP contribution >= 0.6 is 22.6 Å². The number of halogens is 1. The largest absolute Gasteiger partial charge is 0.351 e. The van der Waals surface area contributed by atoms with E-state index in [4.69, 9.17) is 0 Å². The zero-order valence-electron chi connectivity index (χ0n) is 8.85. The third kappa shape index (κ3) is 4.19. The van der Waals surface area contributed by atoms with Gasteiger partial charge in [-0.05, 0) is 29.0 Å². The molecule has 1 rings (SSSR count). The Labute approximate surface area is 103 Å². The molecule has 1 aromatic rings. The summed E-state index contributed by atoms with van der Waals surface area (Å²) < 4.78 is 0.860. The van der Waals surface area contributed by atoms with E-state index in [1.54, 1.807) is 6.20 Å². The van der Waals surface area contributed by atoms with Gasteiger partial charge in [0.15, 0.2) is 0 Å². The molecule has 0 fully saturated rings. The Bertz CT molecular complexity index is 311. The van der Waals surface area contributed by atoms with Crippen molar-refractivity contribution in [3.8, 4) is 0 Å². The minimum Gasteiger partial charge on any atom is -0.351 e. The van der Waals surface area contributed by atoms with Gasteiger partial charge in [-0.1, -0.05) is 26.2 Å². The Morgan fingerprint density at radius 3 is 2.93 bits per heavy atom. The Hall–Kier alpha value is -0.590. The maximum Gasteiger partial charge on any atom is 0.270 e. The molecule has 15 heavy (non-hydrogen) atoms. The van der Waals surface area contributed by atoms with Gasteiger partial charge in [-0.3, -0.25) is 9.89 Å². The van der Waals surface area contributed by atoms with Gasteiger partial charge in [-0.15, -0.1) is 0 Å². The maximum atomic E-state index is 11.6. The van der Waals surface area contributed by atoms with Crippen LogP contribution in [0.3, 0.4) is 0 Å². The molecule has 1 aromatic heterocycles. The van der Waals surface area contributed by atoms with Gasteiger partial charge in [0.25, 0.3) is 5.91 Å². The van der Waals surface area contributed by atoms with E-state index in [2.05, 4.69) is 45.0 Å². The van der Waals surface area contributed by atoms with Crippen LogP contribution in [-0.2, 0) is 0 Å². The Morgan fingerprint density at radius 1 is 1.53 bits per heavy atom. The minimum absolute atomic E-state index is 0.0617. The summed E-state index contributed by atoms with van der Waals surface area (Å²) in [6, 6.07) is 0. The topological polar surface area (TPSA) is 57.8 Å². The van der Waals surface area contributed by atoms with Crippen molar-refractivity contribution in [2.24, 2.45) is 0 Å². The zero-order chi connectivity index (χ0) is 11.1. The molecule has 1 amide bonds. The molecule has 0 bridgehead atoms. The van der Waals surface area contributed by atoms with Gasteiger partial charge >= 0.3 is 0 Å². The van der Waals surface area contributed by atoms with Gasteiger partial charge in [0.2, 0.25) is 0 Å². The van der Waals surface area contributed by atoms with Crippen molar-refractivity contribution in [2.75, 3.05) is 6.54 Å². The van der Waals surface area contributed by atoms with Crippen LogP contribution < -0.4 is 5.32 Å². The number of hydrogen-bond donors (Lipinski definition) is 2. The maximum absolute atomic E-state index is 11.6. The van der Waals surface area contributed by atoms with Crippen molar-refractivity contribution >= 4 is 28.5 Å². The van der Waals surface area contributed by atoms with Crippen LogP contribution in [0.15, 0.2) is 6.20 Å². The van der Waals surface area contributed by atoms with E-state index in [9.17, 15) is 4.79 Å². The number of nitrogens with zero attached hydrogens (tertiary/aromatic N) is 1. The van der Waals surface area contributed by atoms with Crippen LogP contribution in [0.5, 0.6) is 0 Å². The molecule has 0 aliphatic carbocycles. The molecule has 84 valence electrons. The predicted octanol–water partition coefficient (Wildman–Crippen LogP) is 2.32. The molecule has 4 nitrogen and oxygen atoms in total. The molecule has 1 heterocycles. The smallest absolute Gasteiger partial charge is 0.270 e. The standard InChI is InChI=1S/C10H16IN3O/c1-2-3-4-5-6-12-10(15)9-8(11)7-13-14-9/h7H,2-6H2,1H3,(H,12,15)(H,13,14). The van der Waals surface area contributed by atoms with E-state index < -0.39 is 0 Å². The second-order valence-electron chi connectivity index (χ2n) is 3.41. The van der Waals surface area contributed by atoms with E-state index in [-0.39, 0.29) is 5.91 Å². The van der Waals surface area contributed by atoms with E-state index in [1.807, 2.05) is 0 Å². The summed E-state index contributed by atoms with van der Waals surface area (Å²) in [7, 11) is 0. The highest BCUT2D eigenvalue weighted by atomic mass is 127. The number of aromatic nitrogens is 2. The Morgan fingerprint density at radius 2 is 2.33 bits per heavy atom. The van der Waals surface area contributed by atoms with Gasteiger partial charge in [0.05, 0.1) is 9.77 Å². The number of amides is 1. The molecule has 0 radical (unpaired) electrons. The Kier molecular flexibility index (Phi) is 5.67. The first-order valence-corrected chi connectivity index (χ1v) is 6.30. The highest BCUT2D eigenvalue weighted by Crippen LogP contribution is 2.07. The number of H-pyrrole nitrogens is 1. The molecule has 2 N–H and O–H groups in total. The highest BCUT2D eigenvalue weighted by Gasteiger charge is 2.10. The van der Waals surface area contributed by atoms with Gasteiger partial charge in [0, 0.05) is 6.54 Å². The zero-order valence-corrected chi connectivity index (χ0v) is 11.0. The second kappa shape index (κ2) is 6.81. The Balaban J connectivity index is 2.22. The number of unbranched alkanes of at least 4 members (excludes halogenated alkanes) is 3. The number of carbonyl (C=O) groups excluding carboxylic acids is 1. The van der Waals surface area contributed by atoms with Crippen molar-refractivity contribution in [1.29, 1.82) is 0 Å². The summed E-state index contributed by atoms with van der Waals surface area (Å²) in [6.07, 6.45) is 6.32. The molecule has 0 atom stereocenters. The van der Waals surface area contributed by atoms with Crippen molar-refractivity contribution in [3.63, 3.8) is 0 Å². The monoisotopic (exact) mass is 321 g/mol. The van der Waals surface area contributed by atoms with Crippen LogP contribution in [0.2, 0.25) is 0 Å². The average molecular weight is 321 g/mol. The lowest BCUT2D eigenvalue weighted by molar-refractivity contribution is 0.0947. The summed E-state index contributed by atoms with van der Waals surface area (Å²) in [4.78, 5) is 11.6. The normalized spacial score (nSPS) is 10.3. The molecule has 0 aliphatic heterocycles. The molecule has 5 heteroatoms. The number of nitrogens with one attached hydrogen (secondary N) is 2. The SMILES string of the molecule is CCCCCCNC(=O)c1[nH]ncc1I. The molecule has 0 aliphatic rings. The van der Waals surface area contributed by atoms with Crippen LogP contribution in [-0.4, -0.2) is 22.6 Å². The molecule has 0 saturated carbocycles. The molecule has 0 spiro atoms. The quantitative estimate of drug-likeness (QED) is 0.624. The van der Waals surface area contributed by atoms with Crippen molar-refractivity contribution in [2.45, 2.75) is 32.6 Å². The molecule has 0 saturated heterocycles. The second-order valence-corrected chi connectivity index (χ2v) is 4.57. The third-order valence-electron chi connectivity index (χ3n) is 2.14. The molecular formula is C10H16IN3O. The summed E-state index contributed by atoms with van der Waals surface area (Å²) in [5.74, 6) is -0.0617. The molecule has 0 aromatic carbocycles. The number of hydrogen-bond acceptors (Lipinski definition) is 2. The predicted molar refractivity (Wildman–Crippen MR) is 67.8 cm³/mol. The van der Waals surface area contributed by atoms with Crippen molar-refractivity contribution in [1.82, 2.24) is 15.5 Å². The lowest BCUT2D eigenvalue weighted by Gasteiger charge is -2.03. The number of aromatic amines is 1. The fourth-order valence-electron chi connectivity index (χ4n) is 1.27.